The van der Waals surface area contributed by atoms with Gasteiger partial charge in [0.25, 0.3) is 0 Å². The number of rotatable bonds is 7. The molecule has 1 unspecified atom stereocenters. The summed E-state index contributed by atoms with van der Waals surface area (Å²) in [5.41, 5.74) is 3.42. The van der Waals surface area contributed by atoms with Crippen LogP contribution in [-0.4, -0.2) is 29.6 Å². The molecular weight excluding hydrogens is 479 g/mol. The van der Waals surface area contributed by atoms with Crippen LogP contribution in [0.2, 0.25) is 10.0 Å². The van der Waals surface area contributed by atoms with E-state index >= 15 is 0 Å². The Morgan fingerprint density at radius 3 is 2.00 bits per heavy atom. The average molecular weight is 499 g/mol. The summed E-state index contributed by atoms with van der Waals surface area (Å²) in [6.07, 6.45) is 8.13. The number of anilines is 1. The molecule has 0 saturated carbocycles. The van der Waals surface area contributed by atoms with E-state index in [0.717, 1.165) is 22.9 Å². The second-order valence-electron chi connectivity index (χ2n) is 7.52. The van der Waals surface area contributed by atoms with Gasteiger partial charge in [0.15, 0.2) is 0 Å². The van der Waals surface area contributed by atoms with Crippen molar-refractivity contribution in [2.75, 3.05) is 11.0 Å². The average Bonchev–Trinajstić information content (AvgIpc) is 2.79. The number of sulfonamides is 1. The number of benzene rings is 1. The van der Waals surface area contributed by atoms with Crippen LogP contribution in [0, 0.1) is 0 Å². The minimum atomic E-state index is -3.49. The van der Waals surface area contributed by atoms with Gasteiger partial charge in [-0.15, -0.1) is 0 Å². The Balaban J connectivity index is 1.95. The highest BCUT2D eigenvalue weighted by molar-refractivity contribution is 7.92. The third-order valence-electron chi connectivity index (χ3n) is 5.10. The van der Waals surface area contributed by atoms with E-state index in [9.17, 15) is 8.42 Å². The van der Waals surface area contributed by atoms with Gasteiger partial charge in [-0.05, 0) is 53.1 Å². The van der Waals surface area contributed by atoms with Crippen LogP contribution in [0.3, 0.4) is 0 Å². The maximum absolute atomic E-state index is 11.8. The van der Waals surface area contributed by atoms with E-state index in [4.69, 9.17) is 23.2 Å². The zero-order valence-corrected chi connectivity index (χ0v) is 19.9. The molecule has 3 aromatic heterocycles. The van der Waals surface area contributed by atoms with E-state index in [1.165, 1.54) is 0 Å². The molecule has 33 heavy (non-hydrogen) atoms. The molecule has 1 aromatic carbocycles. The summed E-state index contributed by atoms with van der Waals surface area (Å²) >= 11 is 12.6. The number of halogens is 2. The Morgan fingerprint density at radius 1 is 0.788 bits per heavy atom. The summed E-state index contributed by atoms with van der Waals surface area (Å²) in [5.74, 6) is -0.337. The molecule has 6 nitrogen and oxygen atoms in total. The SMILES string of the molecule is CS(=O)(=O)Nc1cccc(C(c2ccc(Cl)c(Cl)c2)C(c2cccnc2)c2cccnc2)n1. The Morgan fingerprint density at radius 2 is 1.45 bits per heavy atom. The molecule has 0 fully saturated rings. The van der Waals surface area contributed by atoms with Gasteiger partial charge in [-0.25, -0.2) is 13.4 Å². The van der Waals surface area contributed by atoms with Crippen molar-refractivity contribution in [1.82, 2.24) is 15.0 Å². The summed E-state index contributed by atoms with van der Waals surface area (Å²) in [5, 5.41) is 0.861. The normalized spacial score (nSPS) is 12.5. The van der Waals surface area contributed by atoms with Gasteiger partial charge in [0.2, 0.25) is 10.0 Å². The maximum Gasteiger partial charge on any atom is 0.230 e. The molecule has 4 aromatic rings. The van der Waals surface area contributed by atoms with Gasteiger partial charge in [0.05, 0.1) is 22.0 Å². The smallest absolute Gasteiger partial charge is 0.230 e. The van der Waals surface area contributed by atoms with Gasteiger partial charge >= 0.3 is 0 Å². The number of pyridine rings is 3. The minimum absolute atomic E-state index is 0.231. The topological polar surface area (TPSA) is 84.8 Å². The number of hydrogen-bond donors (Lipinski definition) is 1. The Bertz CT molecular complexity index is 1310. The molecule has 3 heterocycles. The van der Waals surface area contributed by atoms with Gasteiger partial charge in [-0.1, -0.05) is 47.5 Å². The first-order chi connectivity index (χ1) is 15.8. The minimum Gasteiger partial charge on any atom is -0.268 e. The van der Waals surface area contributed by atoms with Crippen LogP contribution in [0.25, 0.3) is 0 Å². The Labute approximate surface area is 202 Å². The molecule has 0 aliphatic heterocycles. The largest absolute Gasteiger partial charge is 0.268 e. The zero-order valence-electron chi connectivity index (χ0n) is 17.6. The fourth-order valence-electron chi connectivity index (χ4n) is 3.81. The van der Waals surface area contributed by atoms with Gasteiger partial charge in [-0.3, -0.25) is 14.7 Å². The van der Waals surface area contributed by atoms with E-state index in [1.807, 2.05) is 42.5 Å². The first-order valence-corrected chi connectivity index (χ1v) is 12.7. The van der Waals surface area contributed by atoms with Crippen LogP contribution in [0.15, 0.2) is 85.5 Å². The van der Waals surface area contributed by atoms with Crippen molar-refractivity contribution in [3.8, 4) is 0 Å². The summed E-state index contributed by atoms with van der Waals surface area (Å²) in [6, 6.07) is 18.4. The fraction of sp³-hybridized carbons (Fsp3) is 0.125. The molecule has 9 heteroatoms. The predicted octanol–water partition coefficient (Wildman–Crippen LogP) is 5.51. The fourth-order valence-corrected chi connectivity index (χ4v) is 4.61. The molecule has 0 aliphatic carbocycles. The Hall–Kier alpha value is -3.00. The highest BCUT2D eigenvalue weighted by Gasteiger charge is 2.30. The van der Waals surface area contributed by atoms with E-state index in [2.05, 4.69) is 19.7 Å². The van der Waals surface area contributed by atoms with Crippen molar-refractivity contribution in [2.45, 2.75) is 11.8 Å². The first-order valence-electron chi connectivity index (χ1n) is 10.0. The monoisotopic (exact) mass is 498 g/mol. The predicted molar refractivity (Wildman–Crippen MR) is 131 cm³/mol. The number of nitrogens with one attached hydrogen (secondary N) is 1. The molecular formula is C24H20Cl2N4O2S. The van der Waals surface area contributed by atoms with Crippen molar-refractivity contribution in [3.63, 3.8) is 0 Å². The number of nitrogens with zero attached hydrogens (tertiary/aromatic N) is 3. The van der Waals surface area contributed by atoms with Crippen LogP contribution in [-0.2, 0) is 10.0 Å². The molecule has 0 amide bonds. The van der Waals surface area contributed by atoms with E-state index in [0.29, 0.717) is 15.7 Å². The third-order valence-corrected chi connectivity index (χ3v) is 6.42. The molecule has 0 radical (unpaired) electrons. The van der Waals surface area contributed by atoms with Crippen LogP contribution in [0.4, 0.5) is 5.82 Å². The molecule has 0 spiro atoms. The molecule has 0 aliphatic rings. The summed E-state index contributed by atoms with van der Waals surface area (Å²) in [7, 11) is -3.49. The number of hydrogen-bond acceptors (Lipinski definition) is 5. The second-order valence-corrected chi connectivity index (χ2v) is 10.1. The van der Waals surface area contributed by atoms with Gasteiger partial charge < -0.3 is 0 Å². The van der Waals surface area contributed by atoms with Gasteiger partial charge in [0.1, 0.15) is 5.82 Å². The van der Waals surface area contributed by atoms with E-state index in [1.54, 1.807) is 43.0 Å². The van der Waals surface area contributed by atoms with Crippen LogP contribution in [0.5, 0.6) is 0 Å². The van der Waals surface area contributed by atoms with E-state index < -0.39 is 10.0 Å². The van der Waals surface area contributed by atoms with Crippen LogP contribution >= 0.6 is 23.2 Å². The second kappa shape index (κ2) is 9.87. The lowest BCUT2D eigenvalue weighted by molar-refractivity contribution is 0.606. The van der Waals surface area contributed by atoms with E-state index in [-0.39, 0.29) is 17.7 Å². The first kappa shape index (κ1) is 23.2. The van der Waals surface area contributed by atoms with Crippen molar-refractivity contribution in [2.24, 2.45) is 0 Å². The molecule has 4 rings (SSSR count). The highest BCUT2D eigenvalue weighted by Crippen LogP contribution is 2.43. The lowest BCUT2D eigenvalue weighted by atomic mass is 9.76. The zero-order chi connectivity index (χ0) is 23.4. The summed E-state index contributed by atoms with van der Waals surface area (Å²) in [4.78, 5) is 13.3. The molecule has 1 N–H and O–H groups in total. The standard InChI is InChI=1S/C24H20Cl2N4O2S/c1-33(31,32)30-22-8-2-7-21(29-22)24(16-9-10-19(25)20(26)13-16)23(17-5-3-11-27-14-17)18-6-4-12-28-15-18/h2-15,23-24H,1H3,(H,29,30). The van der Waals surface area contributed by atoms with Crippen molar-refractivity contribution in [1.29, 1.82) is 0 Å². The maximum atomic E-state index is 11.8. The summed E-state index contributed by atoms with van der Waals surface area (Å²) in [6.45, 7) is 0. The molecule has 1 atom stereocenters. The lowest BCUT2D eigenvalue weighted by Crippen LogP contribution is -2.18. The quantitative estimate of drug-likeness (QED) is 0.362. The summed E-state index contributed by atoms with van der Waals surface area (Å²) < 4.78 is 26.1. The van der Waals surface area contributed by atoms with Crippen molar-refractivity contribution < 1.29 is 8.42 Å². The third kappa shape index (κ3) is 5.68. The van der Waals surface area contributed by atoms with Crippen molar-refractivity contribution in [3.05, 3.63) is 118 Å². The lowest BCUT2D eigenvalue weighted by Gasteiger charge is -2.28. The molecule has 168 valence electrons. The van der Waals surface area contributed by atoms with Gasteiger partial charge in [-0.2, -0.15) is 0 Å². The van der Waals surface area contributed by atoms with Gasteiger partial charge in [0, 0.05) is 36.6 Å². The molecule has 0 saturated heterocycles. The van der Waals surface area contributed by atoms with Crippen LogP contribution < -0.4 is 4.72 Å². The molecule has 0 bridgehead atoms. The Kier molecular flexibility index (Phi) is 6.93. The van der Waals surface area contributed by atoms with Crippen LogP contribution in [0.1, 0.15) is 34.2 Å². The number of aromatic nitrogens is 3. The highest BCUT2D eigenvalue weighted by atomic mass is 35.5. The van der Waals surface area contributed by atoms with Crippen molar-refractivity contribution >= 4 is 39.0 Å².